The van der Waals surface area contributed by atoms with E-state index in [9.17, 15) is 22.4 Å². The number of hydrogen-bond acceptors (Lipinski definition) is 6. The Morgan fingerprint density at radius 3 is 2.44 bits per heavy atom. The third-order valence-electron chi connectivity index (χ3n) is 6.86. The summed E-state index contributed by atoms with van der Waals surface area (Å²) < 4.78 is 45.8. The van der Waals surface area contributed by atoms with Gasteiger partial charge < -0.3 is 4.90 Å². The van der Waals surface area contributed by atoms with Gasteiger partial charge in [-0.1, -0.05) is 42.0 Å². The fourth-order valence-electron chi connectivity index (χ4n) is 4.66. The first-order chi connectivity index (χ1) is 19.5. The number of carbonyl (C=O) groups excluding carboxylic acids is 1. The molecule has 0 unspecified atom stereocenters. The number of halogens is 1. The molecule has 3 aromatic carbocycles. The van der Waals surface area contributed by atoms with E-state index in [0.29, 0.717) is 30.6 Å². The predicted molar refractivity (Wildman–Crippen MR) is 149 cm³/mol. The van der Waals surface area contributed by atoms with Crippen LogP contribution in [0.2, 0.25) is 0 Å². The number of H-pyrrole nitrogens is 1. The van der Waals surface area contributed by atoms with Gasteiger partial charge in [0.15, 0.2) is 0 Å². The molecule has 2 N–H and O–H groups in total. The van der Waals surface area contributed by atoms with Crippen LogP contribution in [0.4, 0.5) is 4.39 Å². The van der Waals surface area contributed by atoms with Gasteiger partial charge in [-0.05, 0) is 42.8 Å². The zero-order chi connectivity index (χ0) is 29.3. The molecule has 1 aliphatic rings. The number of aromatic amines is 1. The Morgan fingerprint density at radius 2 is 1.76 bits per heavy atom. The van der Waals surface area contributed by atoms with Gasteiger partial charge in [0.1, 0.15) is 5.82 Å². The molecule has 5 aromatic rings. The first-order valence-corrected chi connectivity index (χ1v) is 14.0. The molecule has 0 aliphatic carbocycles. The average Bonchev–Trinajstić information content (AvgIpc) is 3.53. The molecule has 6 rings (SSSR count). The van der Waals surface area contributed by atoms with E-state index in [0.717, 1.165) is 27.8 Å². The Kier molecular flexibility index (Phi) is 7.52. The number of nitrogens with zero attached hydrogens (tertiary/aromatic N) is 4. The lowest BCUT2D eigenvalue weighted by molar-refractivity contribution is 0.0743. The zero-order valence-corrected chi connectivity index (χ0v) is 23.0. The van der Waals surface area contributed by atoms with Crippen molar-refractivity contribution >= 4 is 26.8 Å². The summed E-state index contributed by atoms with van der Waals surface area (Å²) in [7, 11) is -2.19. The third kappa shape index (κ3) is 5.93. The van der Waals surface area contributed by atoms with Crippen LogP contribution in [0.1, 0.15) is 38.4 Å². The van der Waals surface area contributed by atoms with E-state index in [1.165, 1.54) is 18.2 Å². The Balaban J connectivity index is 0.000000259. The summed E-state index contributed by atoms with van der Waals surface area (Å²) in [5.74, 6) is -0.915. The Hall–Kier alpha value is -4.68. The molecule has 0 saturated heterocycles. The molecule has 12 heteroatoms. The minimum absolute atomic E-state index is 0.0296. The van der Waals surface area contributed by atoms with E-state index in [4.69, 9.17) is 4.55 Å². The van der Waals surface area contributed by atoms with Crippen molar-refractivity contribution in [3.8, 4) is 0 Å². The second-order valence-electron chi connectivity index (χ2n) is 9.73. The number of benzene rings is 3. The van der Waals surface area contributed by atoms with Crippen molar-refractivity contribution in [1.29, 1.82) is 0 Å². The molecule has 41 heavy (non-hydrogen) atoms. The van der Waals surface area contributed by atoms with Crippen molar-refractivity contribution < 1.29 is 22.2 Å². The molecule has 0 saturated carbocycles. The van der Waals surface area contributed by atoms with Gasteiger partial charge in [0.25, 0.3) is 21.6 Å². The summed E-state index contributed by atoms with van der Waals surface area (Å²) >= 11 is 0. The topological polar surface area (TPSA) is 138 Å². The minimum atomic E-state index is -4.02. The highest BCUT2D eigenvalue weighted by molar-refractivity contribution is 7.85. The van der Waals surface area contributed by atoms with Gasteiger partial charge in [-0.2, -0.15) is 18.6 Å². The molecule has 0 fully saturated rings. The average molecular weight is 576 g/mol. The largest absolute Gasteiger partial charge is 0.328 e. The molecule has 1 amide bonds. The Labute approximate surface area is 234 Å². The highest BCUT2D eigenvalue weighted by Crippen LogP contribution is 2.25. The SMILES string of the molecule is Cc1ccc(S(=O)(=O)O)cc1.Cn1ncc2c1CN(C(=O)c1cc(Cc3n[nH]c(=O)c4ccccc34)ccc1F)C2. The van der Waals surface area contributed by atoms with Crippen LogP contribution in [0.3, 0.4) is 0 Å². The fourth-order valence-corrected chi connectivity index (χ4v) is 5.14. The highest BCUT2D eigenvalue weighted by Gasteiger charge is 2.28. The fraction of sp³-hybridized carbons (Fsp3) is 0.172. The van der Waals surface area contributed by atoms with Crippen LogP contribution in [-0.2, 0) is 36.7 Å². The zero-order valence-electron chi connectivity index (χ0n) is 22.2. The smallest absolute Gasteiger partial charge is 0.294 e. The van der Waals surface area contributed by atoms with E-state index in [2.05, 4.69) is 15.3 Å². The van der Waals surface area contributed by atoms with Gasteiger partial charge >= 0.3 is 0 Å². The summed E-state index contributed by atoms with van der Waals surface area (Å²) in [4.78, 5) is 26.5. The standard InChI is InChI=1S/C22H18FN5O2.C7H8O3S/c1-27-20-12-28(11-14(20)10-24-27)22(30)17-8-13(6-7-18(17)23)9-19-15-4-2-3-5-16(15)21(29)26-25-19;1-6-2-4-7(5-3-6)11(8,9)10/h2-8,10H,9,11-12H2,1H3,(H,26,29);2-5H,1H3,(H,8,9,10). The lowest BCUT2D eigenvalue weighted by atomic mass is 10.0. The van der Waals surface area contributed by atoms with Crippen LogP contribution in [0.5, 0.6) is 0 Å². The summed E-state index contributed by atoms with van der Waals surface area (Å²) in [6.07, 6.45) is 2.10. The van der Waals surface area contributed by atoms with Gasteiger partial charge in [-0.3, -0.25) is 18.8 Å². The molecule has 2 aromatic heterocycles. The first kappa shape index (κ1) is 27.9. The lowest BCUT2D eigenvalue weighted by Crippen LogP contribution is -2.27. The van der Waals surface area contributed by atoms with E-state index in [1.807, 2.05) is 26.1 Å². The molecule has 0 bridgehead atoms. The minimum Gasteiger partial charge on any atom is -0.328 e. The van der Waals surface area contributed by atoms with E-state index in [-0.39, 0.29) is 21.9 Å². The summed E-state index contributed by atoms with van der Waals surface area (Å²) in [6.45, 7) is 2.66. The van der Waals surface area contributed by atoms with Gasteiger partial charge in [0, 0.05) is 31.0 Å². The highest BCUT2D eigenvalue weighted by atomic mass is 32.2. The molecular weight excluding hydrogens is 549 g/mol. The quantitative estimate of drug-likeness (QED) is 0.311. The maximum absolute atomic E-state index is 14.5. The van der Waals surface area contributed by atoms with Crippen LogP contribution < -0.4 is 5.56 Å². The summed E-state index contributed by atoms with van der Waals surface area (Å²) in [5, 5.41) is 12.1. The molecule has 10 nitrogen and oxygen atoms in total. The van der Waals surface area contributed by atoms with Crippen molar-refractivity contribution in [2.24, 2.45) is 7.05 Å². The molecule has 1 aliphatic heterocycles. The molecule has 0 atom stereocenters. The second kappa shape index (κ2) is 11.1. The Bertz CT molecular complexity index is 1930. The van der Waals surface area contributed by atoms with Crippen molar-refractivity contribution in [1.82, 2.24) is 24.9 Å². The van der Waals surface area contributed by atoms with Crippen molar-refractivity contribution in [2.45, 2.75) is 31.3 Å². The van der Waals surface area contributed by atoms with Crippen LogP contribution in [0, 0.1) is 12.7 Å². The monoisotopic (exact) mass is 575 g/mol. The number of fused-ring (bicyclic) bond motifs is 2. The number of hydrogen-bond donors (Lipinski definition) is 2. The molecule has 3 heterocycles. The normalized spacial score (nSPS) is 12.6. The van der Waals surface area contributed by atoms with Crippen LogP contribution in [0.15, 0.2) is 82.6 Å². The van der Waals surface area contributed by atoms with Crippen LogP contribution in [0.25, 0.3) is 10.8 Å². The second-order valence-corrected chi connectivity index (χ2v) is 11.1. The number of aromatic nitrogens is 4. The van der Waals surface area contributed by atoms with E-state index in [1.54, 1.807) is 52.2 Å². The molecular formula is C29H26FN5O5S. The van der Waals surface area contributed by atoms with Crippen molar-refractivity contribution in [3.63, 3.8) is 0 Å². The number of carbonyl (C=O) groups is 1. The lowest BCUT2D eigenvalue weighted by Gasteiger charge is -2.17. The summed E-state index contributed by atoms with van der Waals surface area (Å²) in [6, 6.07) is 17.7. The maximum Gasteiger partial charge on any atom is 0.294 e. The van der Waals surface area contributed by atoms with E-state index < -0.39 is 15.9 Å². The van der Waals surface area contributed by atoms with Gasteiger partial charge in [-0.25, -0.2) is 9.49 Å². The number of amides is 1. The molecule has 210 valence electrons. The van der Waals surface area contributed by atoms with Crippen LogP contribution >= 0.6 is 0 Å². The number of rotatable bonds is 4. The number of nitrogens with one attached hydrogen (secondary N) is 1. The first-order valence-electron chi connectivity index (χ1n) is 12.6. The van der Waals surface area contributed by atoms with E-state index >= 15 is 0 Å². The number of aryl methyl sites for hydroxylation is 2. The molecule has 0 spiro atoms. The maximum atomic E-state index is 14.5. The van der Waals surface area contributed by atoms with Crippen molar-refractivity contribution in [3.05, 3.63) is 123 Å². The predicted octanol–water partition coefficient (Wildman–Crippen LogP) is 3.78. The van der Waals surface area contributed by atoms with Crippen molar-refractivity contribution in [2.75, 3.05) is 0 Å². The Morgan fingerprint density at radius 1 is 1.05 bits per heavy atom. The summed E-state index contributed by atoms with van der Waals surface area (Å²) in [5.41, 5.74) is 4.07. The van der Waals surface area contributed by atoms with Gasteiger partial charge in [0.05, 0.1) is 40.0 Å². The van der Waals surface area contributed by atoms with Gasteiger partial charge in [0.2, 0.25) is 0 Å². The molecule has 0 radical (unpaired) electrons. The van der Waals surface area contributed by atoms with Crippen LogP contribution in [-0.4, -0.2) is 43.8 Å². The van der Waals surface area contributed by atoms with Gasteiger partial charge in [-0.15, -0.1) is 0 Å². The third-order valence-corrected chi connectivity index (χ3v) is 7.73.